The molecule has 4 rings (SSSR count). The molecule has 12 heteroatoms. The maximum Gasteiger partial charge on any atom is 0.316 e. The summed E-state index contributed by atoms with van der Waals surface area (Å²) in [6.45, 7) is 4.75. The number of anilines is 1. The number of hydrogen-bond donors (Lipinski definition) is 2. The van der Waals surface area contributed by atoms with Crippen molar-refractivity contribution in [3.8, 4) is 28.5 Å². The number of thiazole rings is 1. The predicted molar refractivity (Wildman–Crippen MR) is 150 cm³/mol. The van der Waals surface area contributed by atoms with Gasteiger partial charge in [-0.3, -0.25) is 14.9 Å². The molecule has 39 heavy (non-hydrogen) atoms. The fourth-order valence-electron chi connectivity index (χ4n) is 3.61. The van der Waals surface area contributed by atoms with Gasteiger partial charge >= 0.3 is 6.01 Å². The van der Waals surface area contributed by atoms with Crippen molar-refractivity contribution in [2.45, 2.75) is 31.4 Å². The quantitative estimate of drug-likeness (QED) is 0.309. The first-order valence-electron chi connectivity index (χ1n) is 11.9. The van der Waals surface area contributed by atoms with E-state index < -0.39 is 32.3 Å². The molecule has 0 aliphatic carbocycles. The van der Waals surface area contributed by atoms with Crippen molar-refractivity contribution in [1.82, 2.24) is 20.3 Å². The Bertz CT molecular complexity index is 1600. The third-order valence-electron chi connectivity index (χ3n) is 5.73. The minimum Gasteiger partial charge on any atom is -0.467 e. The van der Waals surface area contributed by atoms with E-state index in [1.165, 1.54) is 33.1 Å². The monoisotopic (exact) mass is 565 g/mol. The molecule has 0 aliphatic rings. The number of amides is 2. The summed E-state index contributed by atoms with van der Waals surface area (Å²) in [4.78, 5) is 38.9. The van der Waals surface area contributed by atoms with E-state index in [4.69, 9.17) is 4.74 Å². The molecule has 4 aromatic rings. The van der Waals surface area contributed by atoms with Crippen LogP contribution in [0.1, 0.15) is 29.9 Å². The second-order valence-electron chi connectivity index (χ2n) is 8.85. The lowest BCUT2D eigenvalue weighted by molar-refractivity contribution is -0.116. The standard InChI is InChI=1S/C27H27N5O5S2/c1-16(2)39(35,36)25(31-23(33)18-9-6-5-7-10-18)24(34)32-27-30-22(15-38-27)20-12-8-11-19(14-20)21-13-17(3)28-26(29-21)37-4/h5-16,25H,1-4H3,(H,31,33)(H,30,32,34). The molecule has 0 spiro atoms. The average molecular weight is 566 g/mol. The molecule has 10 nitrogen and oxygen atoms in total. The van der Waals surface area contributed by atoms with Crippen LogP contribution in [0.2, 0.25) is 0 Å². The minimum atomic E-state index is -4.04. The molecule has 2 N–H and O–H groups in total. The molecule has 2 heterocycles. The highest BCUT2D eigenvalue weighted by Gasteiger charge is 2.37. The maximum atomic E-state index is 13.1. The van der Waals surface area contributed by atoms with Crippen LogP contribution in [-0.4, -0.2) is 52.9 Å². The number of sulfone groups is 1. The number of nitrogens with zero attached hydrogens (tertiary/aromatic N) is 3. The smallest absolute Gasteiger partial charge is 0.316 e. The van der Waals surface area contributed by atoms with E-state index in [1.807, 2.05) is 37.3 Å². The molecule has 2 aromatic heterocycles. The van der Waals surface area contributed by atoms with Gasteiger partial charge in [-0.15, -0.1) is 11.3 Å². The van der Waals surface area contributed by atoms with Crippen LogP contribution in [0.4, 0.5) is 5.13 Å². The lowest BCUT2D eigenvalue weighted by Crippen LogP contribution is -2.51. The highest BCUT2D eigenvalue weighted by Crippen LogP contribution is 2.29. The lowest BCUT2D eigenvalue weighted by atomic mass is 10.1. The zero-order valence-electron chi connectivity index (χ0n) is 21.7. The number of hydrogen-bond acceptors (Lipinski definition) is 9. The molecule has 1 unspecified atom stereocenters. The van der Waals surface area contributed by atoms with Gasteiger partial charge in [0.2, 0.25) is 5.37 Å². The van der Waals surface area contributed by atoms with E-state index >= 15 is 0 Å². The van der Waals surface area contributed by atoms with Gasteiger partial charge in [0, 0.05) is 27.8 Å². The number of carbonyl (C=O) groups is 2. The van der Waals surface area contributed by atoms with Gasteiger partial charge in [-0.25, -0.2) is 18.4 Å². The Hall–Kier alpha value is -4.16. The van der Waals surface area contributed by atoms with Crippen molar-refractivity contribution in [3.05, 3.63) is 77.3 Å². The molecular formula is C27H27N5O5S2. The van der Waals surface area contributed by atoms with Crippen LogP contribution in [0, 0.1) is 6.92 Å². The summed E-state index contributed by atoms with van der Waals surface area (Å²) in [6.07, 6.45) is 0. The fourth-order valence-corrected chi connectivity index (χ4v) is 5.51. The second kappa shape index (κ2) is 11.7. The third-order valence-corrected chi connectivity index (χ3v) is 8.79. The number of ether oxygens (including phenoxy) is 1. The number of methoxy groups -OCH3 is 1. The van der Waals surface area contributed by atoms with E-state index in [0.717, 1.165) is 28.2 Å². The number of benzene rings is 2. The van der Waals surface area contributed by atoms with E-state index in [-0.39, 0.29) is 16.7 Å². The van der Waals surface area contributed by atoms with Crippen molar-refractivity contribution < 1.29 is 22.7 Å². The van der Waals surface area contributed by atoms with E-state index in [0.29, 0.717) is 11.4 Å². The third kappa shape index (κ3) is 6.47. The molecule has 0 saturated carbocycles. The van der Waals surface area contributed by atoms with Gasteiger partial charge in [0.15, 0.2) is 15.0 Å². The van der Waals surface area contributed by atoms with Crippen molar-refractivity contribution in [3.63, 3.8) is 0 Å². The van der Waals surface area contributed by atoms with Crippen LogP contribution >= 0.6 is 11.3 Å². The first-order chi connectivity index (χ1) is 18.6. The van der Waals surface area contributed by atoms with Crippen molar-refractivity contribution in [2.75, 3.05) is 12.4 Å². The summed E-state index contributed by atoms with van der Waals surface area (Å²) in [6, 6.07) is 17.7. The van der Waals surface area contributed by atoms with Gasteiger partial charge in [-0.1, -0.05) is 36.4 Å². The Morgan fingerprint density at radius 1 is 0.923 bits per heavy atom. The van der Waals surface area contributed by atoms with E-state index in [9.17, 15) is 18.0 Å². The van der Waals surface area contributed by atoms with Crippen LogP contribution in [-0.2, 0) is 14.6 Å². The number of nitrogens with one attached hydrogen (secondary N) is 2. The number of aryl methyl sites for hydroxylation is 1. The molecule has 0 radical (unpaired) electrons. The summed E-state index contributed by atoms with van der Waals surface area (Å²) in [5.74, 6) is -1.57. The highest BCUT2D eigenvalue weighted by atomic mass is 32.2. The number of carbonyl (C=O) groups excluding carboxylic acids is 2. The van der Waals surface area contributed by atoms with Crippen molar-refractivity contribution >= 4 is 38.1 Å². The van der Waals surface area contributed by atoms with Gasteiger partial charge in [-0.2, -0.15) is 4.98 Å². The van der Waals surface area contributed by atoms with Gasteiger partial charge in [-0.05, 0) is 45.0 Å². The van der Waals surface area contributed by atoms with Crippen LogP contribution < -0.4 is 15.4 Å². The molecular weight excluding hydrogens is 538 g/mol. The predicted octanol–water partition coefficient (Wildman–Crippen LogP) is 4.10. The molecule has 2 aromatic carbocycles. The topological polar surface area (TPSA) is 140 Å². The largest absolute Gasteiger partial charge is 0.467 e. The Labute approximate surface area is 230 Å². The fraction of sp³-hybridized carbons (Fsp3) is 0.222. The Morgan fingerprint density at radius 2 is 1.62 bits per heavy atom. The minimum absolute atomic E-state index is 0.192. The van der Waals surface area contributed by atoms with Gasteiger partial charge < -0.3 is 10.1 Å². The summed E-state index contributed by atoms with van der Waals surface area (Å²) < 4.78 is 31.1. The first-order valence-corrected chi connectivity index (χ1v) is 14.4. The van der Waals surface area contributed by atoms with Gasteiger partial charge in [0.1, 0.15) is 0 Å². The van der Waals surface area contributed by atoms with Crippen molar-refractivity contribution in [2.24, 2.45) is 0 Å². The zero-order valence-corrected chi connectivity index (χ0v) is 23.3. The van der Waals surface area contributed by atoms with Crippen LogP contribution in [0.15, 0.2) is 66.0 Å². The first kappa shape index (κ1) is 27.9. The summed E-state index contributed by atoms with van der Waals surface area (Å²) in [5.41, 5.74) is 3.84. The van der Waals surface area contributed by atoms with Crippen molar-refractivity contribution in [1.29, 1.82) is 0 Å². The molecule has 0 saturated heterocycles. The summed E-state index contributed by atoms with van der Waals surface area (Å²) in [7, 11) is -2.54. The number of aromatic nitrogens is 3. The maximum absolute atomic E-state index is 13.1. The Balaban J connectivity index is 1.56. The summed E-state index contributed by atoms with van der Waals surface area (Å²) >= 11 is 1.14. The normalized spacial score (nSPS) is 12.1. The van der Waals surface area contributed by atoms with Crippen LogP contribution in [0.3, 0.4) is 0 Å². The Kier molecular flexibility index (Phi) is 8.36. The lowest BCUT2D eigenvalue weighted by Gasteiger charge is -2.20. The summed E-state index contributed by atoms with van der Waals surface area (Å²) in [5, 5.41) is 4.17. The molecule has 2 amide bonds. The van der Waals surface area contributed by atoms with Gasteiger partial charge in [0.25, 0.3) is 11.8 Å². The second-order valence-corrected chi connectivity index (χ2v) is 12.3. The number of rotatable bonds is 9. The molecule has 202 valence electrons. The molecule has 1 atom stereocenters. The molecule has 0 fully saturated rings. The highest BCUT2D eigenvalue weighted by molar-refractivity contribution is 7.93. The van der Waals surface area contributed by atoms with Crippen LogP contribution in [0.5, 0.6) is 6.01 Å². The van der Waals surface area contributed by atoms with Crippen LogP contribution in [0.25, 0.3) is 22.5 Å². The van der Waals surface area contributed by atoms with Gasteiger partial charge in [0.05, 0.1) is 23.7 Å². The molecule has 0 aliphatic heterocycles. The Morgan fingerprint density at radius 3 is 2.28 bits per heavy atom. The molecule has 0 bridgehead atoms. The zero-order chi connectivity index (χ0) is 28.2. The van der Waals surface area contributed by atoms with E-state index in [1.54, 1.807) is 23.6 Å². The average Bonchev–Trinajstić information content (AvgIpc) is 3.40. The van der Waals surface area contributed by atoms with E-state index in [2.05, 4.69) is 25.6 Å². The SMILES string of the molecule is COc1nc(C)cc(-c2cccc(-c3csc(NC(=O)C(NC(=O)c4ccccc4)S(=O)(=O)C(C)C)n3)c2)n1.